The largest absolute Gasteiger partial charge is 0.454 e. The summed E-state index contributed by atoms with van der Waals surface area (Å²) in [6, 6.07) is 9.50. The first-order valence-electron chi connectivity index (χ1n) is 6.29. The second-order valence-corrected chi connectivity index (χ2v) is 7.17. The van der Waals surface area contributed by atoms with Crippen LogP contribution in [0.4, 0.5) is 0 Å². The smallest absolute Gasteiger partial charge is 0.242 e. The van der Waals surface area contributed by atoms with E-state index in [0.717, 1.165) is 5.56 Å². The molecule has 0 aromatic heterocycles. The zero-order valence-electron chi connectivity index (χ0n) is 11.2. The molecular formula is C14H11Cl2NO4S. The van der Waals surface area contributed by atoms with Gasteiger partial charge in [0.25, 0.3) is 0 Å². The van der Waals surface area contributed by atoms with Gasteiger partial charge in [-0.2, -0.15) is 0 Å². The number of sulfonamides is 1. The molecule has 1 aliphatic rings. The van der Waals surface area contributed by atoms with Crippen LogP contribution in [0.2, 0.25) is 10.0 Å². The van der Waals surface area contributed by atoms with Gasteiger partial charge in [0, 0.05) is 11.6 Å². The lowest BCUT2D eigenvalue weighted by Crippen LogP contribution is -2.23. The Morgan fingerprint density at radius 3 is 2.64 bits per heavy atom. The number of benzene rings is 2. The number of hydrogen-bond donors (Lipinski definition) is 1. The van der Waals surface area contributed by atoms with Gasteiger partial charge in [0.15, 0.2) is 11.5 Å². The molecule has 0 saturated heterocycles. The molecule has 0 radical (unpaired) electrons. The lowest BCUT2D eigenvalue weighted by atomic mass is 10.2. The van der Waals surface area contributed by atoms with Crippen molar-refractivity contribution in [2.75, 3.05) is 6.79 Å². The minimum absolute atomic E-state index is 0.0533. The predicted molar refractivity (Wildman–Crippen MR) is 83.1 cm³/mol. The van der Waals surface area contributed by atoms with Gasteiger partial charge in [0.05, 0.1) is 5.02 Å². The average molecular weight is 360 g/mol. The average Bonchev–Trinajstić information content (AvgIpc) is 2.95. The first-order valence-corrected chi connectivity index (χ1v) is 8.53. The molecule has 0 saturated carbocycles. The molecule has 0 atom stereocenters. The number of hydrogen-bond acceptors (Lipinski definition) is 4. The van der Waals surface area contributed by atoms with Gasteiger partial charge in [0.1, 0.15) is 4.90 Å². The molecule has 0 fully saturated rings. The quantitative estimate of drug-likeness (QED) is 0.910. The van der Waals surface area contributed by atoms with E-state index in [4.69, 9.17) is 32.7 Å². The van der Waals surface area contributed by atoms with E-state index in [1.807, 2.05) is 0 Å². The van der Waals surface area contributed by atoms with Gasteiger partial charge in [-0.3, -0.25) is 0 Å². The molecule has 1 aliphatic heterocycles. The molecule has 2 aromatic rings. The summed E-state index contributed by atoms with van der Waals surface area (Å²) >= 11 is 11.7. The Labute approximate surface area is 137 Å². The maximum atomic E-state index is 12.3. The minimum atomic E-state index is -3.76. The van der Waals surface area contributed by atoms with Crippen LogP contribution < -0.4 is 14.2 Å². The molecule has 0 amide bonds. The summed E-state index contributed by atoms with van der Waals surface area (Å²) in [5, 5.41) is 0.412. The third kappa shape index (κ3) is 3.15. The maximum Gasteiger partial charge on any atom is 0.242 e. The molecule has 116 valence electrons. The summed E-state index contributed by atoms with van der Waals surface area (Å²) in [7, 11) is -3.76. The second-order valence-electron chi connectivity index (χ2n) is 4.59. The molecule has 22 heavy (non-hydrogen) atoms. The van der Waals surface area contributed by atoms with E-state index in [0.29, 0.717) is 16.5 Å². The van der Waals surface area contributed by atoms with Crippen LogP contribution in [-0.2, 0) is 16.6 Å². The van der Waals surface area contributed by atoms with Crippen LogP contribution in [-0.4, -0.2) is 15.2 Å². The number of ether oxygens (including phenoxy) is 2. The molecule has 5 nitrogen and oxygen atoms in total. The Bertz CT molecular complexity index is 824. The standard InChI is InChI=1S/C14H11Cl2NO4S/c15-10-2-3-11(16)14(6-10)22(18,19)17-7-9-1-4-12-13(5-9)21-8-20-12/h1-6,17H,7-8H2. The van der Waals surface area contributed by atoms with Crippen molar-refractivity contribution < 1.29 is 17.9 Å². The molecule has 1 N–H and O–H groups in total. The van der Waals surface area contributed by atoms with Gasteiger partial charge in [-0.1, -0.05) is 29.3 Å². The fourth-order valence-corrected chi connectivity index (χ4v) is 3.77. The molecule has 0 bridgehead atoms. The number of halogens is 2. The molecule has 0 aliphatic carbocycles. The Hall–Kier alpha value is -1.47. The highest BCUT2D eigenvalue weighted by molar-refractivity contribution is 7.89. The van der Waals surface area contributed by atoms with Gasteiger partial charge < -0.3 is 9.47 Å². The number of fused-ring (bicyclic) bond motifs is 1. The van der Waals surface area contributed by atoms with Crippen LogP contribution in [0.5, 0.6) is 11.5 Å². The van der Waals surface area contributed by atoms with Crippen molar-refractivity contribution in [3.63, 3.8) is 0 Å². The van der Waals surface area contributed by atoms with Gasteiger partial charge in [-0.05, 0) is 35.9 Å². The molecule has 0 unspecified atom stereocenters. The summed E-state index contributed by atoms with van der Waals surface area (Å²) in [6.07, 6.45) is 0. The SMILES string of the molecule is O=S(=O)(NCc1ccc2c(c1)OCO2)c1cc(Cl)ccc1Cl. The second kappa shape index (κ2) is 5.96. The molecule has 0 spiro atoms. The van der Waals surface area contributed by atoms with Crippen LogP contribution in [0.3, 0.4) is 0 Å². The van der Waals surface area contributed by atoms with Crippen LogP contribution in [0.25, 0.3) is 0 Å². The molecule has 8 heteroatoms. The topological polar surface area (TPSA) is 64.6 Å². The van der Waals surface area contributed by atoms with Crippen LogP contribution in [0.15, 0.2) is 41.3 Å². The number of rotatable bonds is 4. The third-order valence-electron chi connectivity index (χ3n) is 3.09. The molecule has 1 heterocycles. The van der Waals surface area contributed by atoms with E-state index in [-0.39, 0.29) is 23.3 Å². The highest BCUT2D eigenvalue weighted by Gasteiger charge is 2.19. The Morgan fingerprint density at radius 1 is 1.05 bits per heavy atom. The van der Waals surface area contributed by atoms with Crippen molar-refractivity contribution in [2.45, 2.75) is 11.4 Å². The van der Waals surface area contributed by atoms with E-state index in [2.05, 4.69) is 4.72 Å². The Morgan fingerprint density at radius 2 is 1.82 bits per heavy atom. The van der Waals surface area contributed by atoms with E-state index < -0.39 is 10.0 Å². The van der Waals surface area contributed by atoms with E-state index in [1.54, 1.807) is 18.2 Å². The lowest BCUT2D eigenvalue weighted by Gasteiger charge is -2.09. The van der Waals surface area contributed by atoms with Crippen molar-refractivity contribution >= 4 is 33.2 Å². The molecular weight excluding hydrogens is 349 g/mol. The summed E-state index contributed by atoms with van der Waals surface area (Å²) in [5.74, 6) is 1.24. The zero-order chi connectivity index (χ0) is 15.7. The van der Waals surface area contributed by atoms with Gasteiger partial charge >= 0.3 is 0 Å². The maximum absolute atomic E-state index is 12.3. The van der Waals surface area contributed by atoms with Gasteiger partial charge in [-0.15, -0.1) is 0 Å². The summed E-state index contributed by atoms with van der Waals surface area (Å²) in [5.41, 5.74) is 0.742. The fourth-order valence-electron chi connectivity index (χ4n) is 1.99. The van der Waals surface area contributed by atoms with Crippen molar-refractivity contribution in [1.82, 2.24) is 4.72 Å². The predicted octanol–water partition coefficient (Wildman–Crippen LogP) is 3.20. The Kier molecular flexibility index (Phi) is 4.18. The van der Waals surface area contributed by atoms with Gasteiger partial charge in [-0.25, -0.2) is 13.1 Å². The zero-order valence-corrected chi connectivity index (χ0v) is 13.5. The highest BCUT2D eigenvalue weighted by atomic mass is 35.5. The monoisotopic (exact) mass is 359 g/mol. The van der Waals surface area contributed by atoms with Crippen LogP contribution in [0, 0.1) is 0 Å². The first-order chi connectivity index (χ1) is 10.5. The van der Waals surface area contributed by atoms with Crippen LogP contribution in [0.1, 0.15) is 5.56 Å². The molecule has 3 rings (SSSR count). The fraction of sp³-hybridized carbons (Fsp3) is 0.143. The molecule has 2 aromatic carbocycles. The first kappa shape index (κ1) is 15.4. The normalized spacial score (nSPS) is 13.4. The van der Waals surface area contributed by atoms with Crippen molar-refractivity contribution in [2.24, 2.45) is 0 Å². The summed E-state index contributed by atoms with van der Waals surface area (Å²) in [4.78, 5) is -0.0533. The highest BCUT2D eigenvalue weighted by Crippen LogP contribution is 2.32. The minimum Gasteiger partial charge on any atom is -0.454 e. The number of nitrogens with one attached hydrogen (secondary N) is 1. The van der Waals surface area contributed by atoms with Crippen molar-refractivity contribution in [3.05, 3.63) is 52.0 Å². The van der Waals surface area contributed by atoms with E-state index in [1.165, 1.54) is 18.2 Å². The van der Waals surface area contributed by atoms with Crippen molar-refractivity contribution in [3.8, 4) is 11.5 Å². The van der Waals surface area contributed by atoms with E-state index >= 15 is 0 Å². The van der Waals surface area contributed by atoms with Crippen LogP contribution >= 0.6 is 23.2 Å². The Balaban J connectivity index is 1.79. The third-order valence-corrected chi connectivity index (χ3v) is 5.20. The summed E-state index contributed by atoms with van der Waals surface area (Å²) in [6.45, 7) is 0.268. The van der Waals surface area contributed by atoms with Crippen molar-refractivity contribution in [1.29, 1.82) is 0 Å². The summed E-state index contributed by atoms with van der Waals surface area (Å²) < 4.78 is 37.5. The van der Waals surface area contributed by atoms with Gasteiger partial charge in [0.2, 0.25) is 16.8 Å². The lowest BCUT2D eigenvalue weighted by molar-refractivity contribution is 0.174. The van der Waals surface area contributed by atoms with E-state index in [9.17, 15) is 8.42 Å².